The number of carbonyl (C=O) groups is 2. The molecule has 1 aromatic heterocycles. The van der Waals surface area contributed by atoms with Gasteiger partial charge in [-0.3, -0.25) is 19.5 Å². The molecule has 4 heteroatoms. The van der Waals surface area contributed by atoms with Crippen molar-refractivity contribution in [1.82, 2.24) is 9.88 Å². The van der Waals surface area contributed by atoms with Crippen LogP contribution in [-0.4, -0.2) is 21.7 Å². The Morgan fingerprint density at radius 3 is 2.30 bits per heavy atom. The normalized spacial score (nSPS) is 13.7. The molecule has 0 bridgehead atoms. The zero-order chi connectivity index (χ0) is 16.0. The molecule has 0 saturated carbocycles. The van der Waals surface area contributed by atoms with E-state index in [4.69, 9.17) is 0 Å². The molecule has 1 aliphatic heterocycles. The lowest BCUT2D eigenvalue weighted by atomic mass is 10.1. The second-order valence-electron chi connectivity index (χ2n) is 5.72. The lowest BCUT2D eigenvalue weighted by molar-refractivity contribution is 0.0642. The van der Waals surface area contributed by atoms with Gasteiger partial charge in [-0.15, -0.1) is 0 Å². The Bertz CT molecular complexity index is 927. The topological polar surface area (TPSA) is 50.3 Å². The molecule has 112 valence electrons. The molecule has 0 unspecified atom stereocenters. The minimum atomic E-state index is -0.229. The van der Waals surface area contributed by atoms with Gasteiger partial charge in [0.2, 0.25) is 0 Å². The second kappa shape index (κ2) is 5.02. The lowest BCUT2D eigenvalue weighted by Gasteiger charge is -2.14. The Kier molecular flexibility index (Phi) is 2.98. The van der Waals surface area contributed by atoms with Gasteiger partial charge in [0.25, 0.3) is 11.8 Å². The fraction of sp³-hybridized carbons (Fsp3) is 0.105. The number of benzene rings is 2. The van der Waals surface area contributed by atoms with E-state index in [1.165, 1.54) is 4.90 Å². The van der Waals surface area contributed by atoms with Crippen LogP contribution < -0.4 is 0 Å². The van der Waals surface area contributed by atoms with Crippen LogP contribution in [0.5, 0.6) is 0 Å². The minimum absolute atomic E-state index is 0.229. The van der Waals surface area contributed by atoms with E-state index in [0.717, 1.165) is 22.2 Å². The zero-order valence-corrected chi connectivity index (χ0v) is 12.6. The van der Waals surface area contributed by atoms with Crippen molar-refractivity contribution in [3.63, 3.8) is 0 Å². The van der Waals surface area contributed by atoms with E-state index in [9.17, 15) is 9.59 Å². The van der Waals surface area contributed by atoms with Gasteiger partial charge in [0.05, 0.1) is 23.2 Å². The maximum atomic E-state index is 12.4. The number of fused-ring (bicyclic) bond motifs is 2. The summed E-state index contributed by atoms with van der Waals surface area (Å²) in [6.07, 6.45) is 0. The van der Waals surface area contributed by atoms with Gasteiger partial charge in [-0.25, -0.2) is 0 Å². The SMILES string of the molecule is Cc1ccc2cc(CN3C(=O)c4ccccc4C3=O)ccc2n1. The van der Waals surface area contributed by atoms with Crippen LogP contribution in [0, 0.1) is 6.92 Å². The van der Waals surface area contributed by atoms with Crippen LogP contribution >= 0.6 is 0 Å². The van der Waals surface area contributed by atoms with Crippen LogP contribution in [0.2, 0.25) is 0 Å². The smallest absolute Gasteiger partial charge is 0.261 e. The Hall–Kier alpha value is -3.01. The highest BCUT2D eigenvalue weighted by atomic mass is 16.2. The average molecular weight is 302 g/mol. The van der Waals surface area contributed by atoms with E-state index in [-0.39, 0.29) is 18.4 Å². The van der Waals surface area contributed by atoms with Gasteiger partial charge in [0.1, 0.15) is 0 Å². The van der Waals surface area contributed by atoms with Crippen molar-refractivity contribution < 1.29 is 9.59 Å². The zero-order valence-electron chi connectivity index (χ0n) is 12.6. The Morgan fingerprint density at radius 1 is 0.913 bits per heavy atom. The summed E-state index contributed by atoms with van der Waals surface area (Å²) in [6.45, 7) is 2.22. The van der Waals surface area contributed by atoms with Crippen molar-refractivity contribution >= 4 is 22.7 Å². The summed E-state index contributed by atoms with van der Waals surface area (Å²) in [4.78, 5) is 30.6. The molecule has 0 spiro atoms. The number of hydrogen-bond donors (Lipinski definition) is 0. The van der Waals surface area contributed by atoms with Crippen molar-refractivity contribution in [3.05, 3.63) is 77.0 Å². The molecule has 2 aromatic carbocycles. The summed E-state index contributed by atoms with van der Waals surface area (Å²) in [6, 6.07) is 16.7. The summed E-state index contributed by atoms with van der Waals surface area (Å²) in [7, 11) is 0. The number of rotatable bonds is 2. The molecule has 23 heavy (non-hydrogen) atoms. The van der Waals surface area contributed by atoms with Crippen LogP contribution in [0.1, 0.15) is 32.0 Å². The first kappa shape index (κ1) is 13.6. The van der Waals surface area contributed by atoms with Crippen LogP contribution in [0.25, 0.3) is 10.9 Å². The minimum Gasteiger partial charge on any atom is -0.270 e. The van der Waals surface area contributed by atoms with Crippen molar-refractivity contribution in [2.24, 2.45) is 0 Å². The van der Waals surface area contributed by atoms with Crippen molar-refractivity contribution in [2.75, 3.05) is 0 Å². The van der Waals surface area contributed by atoms with Gasteiger partial charge in [-0.1, -0.05) is 24.3 Å². The molecular weight excluding hydrogens is 288 g/mol. The molecular formula is C19H14N2O2. The number of amides is 2. The van der Waals surface area contributed by atoms with Crippen LogP contribution in [-0.2, 0) is 6.54 Å². The third kappa shape index (κ3) is 2.19. The van der Waals surface area contributed by atoms with E-state index in [0.29, 0.717) is 11.1 Å². The summed E-state index contributed by atoms with van der Waals surface area (Å²) in [5, 5.41) is 1.00. The maximum Gasteiger partial charge on any atom is 0.261 e. The first-order valence-electron chi connectivity index (χ1n) is 7.45. The van der Waals surface area contributed by atoms with Crippen molar-refractivity contribution in [2.45, 2.75) is 13.5 Å². The van der Waals surface area contributed by atoms with E-state index >= 15 is 0 Å². The molecule has 3 aromatic rings. The first-order chi connectivity index (χ1) is 11.1. The van der Waals surface area contributed by atoms with Crippen molar-refractivity contribution in [1.29, 1.82) is 0 Å². The third-order valence-corrected chi connectivity index (χ3v) is 4.11. The van der Waals surface area contributed by atoms with Crippen LogP contribution in [0.15, 0.2) is 54.6 Å². The number of aromatic nitrogens is 1. The number of aryl methyl sites for hydroxylation is 1. The number of pyridine rings is 1. The van der Waals surface area contributed by atoms with Gasteiger partial charge in [0, 0.05) is 11.1 Å². The molecule has 0 atom stereocenters. The fourth-order valence-electron chi connectivity index (χ4n) is 2.94. The lowest BCUT2D eigenvalue weighted by Crippen LogP contribution is -2.29. The standard InChI is InChI=1S/C19H14N2O2/c1-12-6-8-14-10-13(7-9-17(14)20-12)11-21-18(22)15-4-2-3-5-16(15)19(21)23/h2-10H,11H2,1H3. The highest BCUT2D eigenvalue weighted by Gasteiger charge is 2.34. The van der Waals surface area contributed by atoms with Gasteiger partial charge < -0.3 is 0 Å². The van der Waals surface area contributed by atoms with Gasteiger partial charge in [0.15, 0.2) is 0 Å². The van der Waals surface area contributed by atoms with Gasteiger partial charge >= 0.3 is 0 Å². The van der Waals surface area contributed by atoms with E-state index < -0.39 is 0 Å². The predicted molar refractivity (Wildman–Crippen MR) is 87.1 cm³/mol. The van der Waals surface area contributed by atoms with Crippen molar-refractivity contribution in [3.8, 4) is 0 Å². The average Bonchev–Trinajstić information content (AvgIpc) is 2.80. The number of carbonyl (C=O) groups excluding carboxylic acids is 2. The molecule has 4 nitrogen and oxygen atoms in total. The third-order valence-electron chi connectivity index (χ3n) is 4.11. The number of imide groups is 1. The molecule has 0 radical (unpaired) electrons. The maximum absolute atomic E-state index is 12.4. The largest absolute Gasteiger partial charge is 0.270 e. The second-order valence-corrected chi connectivity index (χ2v) is 5.72. The molecule has 0 aliphatic carbocycles. The predicted octanol–water partition coefficient (Wildman–Crippen LogP) is 3.34. The summed E-state index contributed by atoms with van der Waals surface area (Å²) < 4.78 is 0. The Labute approximate surface area is 133 Å². The Morgan fingerprint density at radius 2 is 1.61 bits per heavy atom. The molecule has 0 fully saturated rings. The molecule has 1 aliphatic rings. The van der Waals surface area contributed by atoms with E-state index in [1.54, 1.807) is 24.3 Å². The van der Waals surface area contributed by atoms with E-state index in [1.807, 2.05) is 37.3 Å². The molecule has 0 N–H and O–H groups in total. The molecule has 0 saturated heterocycles. The highest BCUT2D eigenvalue weighted by molar-refractivity contribution is 6.21. The Balaban J connectivity index is 1.68. The van der Waals surface area contributed by atoms with Crippen LogP contribution in [0.3, 0.4) is 0 Å². The fourth-order valence-corrected chi connectivity index (χ4v) is 2.94. The summed E-state index contributed by atoms with van der Waals surface area (Å²) in [5.74, 6) is -0.458. The monoisotopic (exact) mass is 302 g/mol. The molecule has 2 heterocycles. The highest BCUT2D eigenvalue weighted by Crippen LogP contribution is 2.25. The number of hydrogen-bond acceptors (Lipinski definition) is 3. The number of nitrogens with zero attached hydrogens (tertiary/aromatic N) is 2. The summed E-state index contributed by atoms with van der Waals surface area (Å²) in [5.41, 5.74) is 3.76. The first-order valence-corrected chi connectivity index (χ1v) is 7.45. The van der Waals surface area contributed by atoms with Gasteiger partial charge in [-0.05, 0) is 42.8 Å². The van der Waals surface area contributed by atoms with E-state index in [2.05, 4.69) is 4.98 Å². The molecule has 2 amide bonds. The van der Waals surface area contributed by atoms with Gasteiger partial charge in [-0.2, -0.15) is 0 Å². The summed E-state index contributed by atoms with van der Waals surface area (Å²) >= 11 is 0. The molecule has 4 rings (SSSR count). The quantitative estimate of drug-likeness (QED) is 0.682. The van der Waals surface area contributed by atoms with Crippen LogP contribution in [0.4, 0.5) is 0 Å².